The summed E-state index contributed by atoms with van der Waals surface area (Å²) >= 11 is 0. The van der Waals surface area contributed by atoms with E-state index in [2.05, 4.69) is 10.0 Å². The van der Waals surface area contributed by atoms with Gasteiger partial charge in [0.15, 0.2) is 6.10 Å². The predicted octanol–water partition coefficient (Wildman–Crippen LogP) is 1.48. The van der Waals surface area contributed by atoms with Crippen molar-refractivity contribution in [3.63, 3.8) is 0 Å². The van der Waals surface area contributed by atoms with Crippen LogP contribution >= 0.6 is 0 Å². The Balaban J connectivity index is 2.23. The Morgan fingerprint density at radius 3 is 2.85 bits per heavy atom. The molecule has 0 aromatic heterocycles. The van der Waals surface area contributed by atoms with Crippen LogP contribution in [0.2, 0.25) is 0 Å². The van der Waals surface area contributed by atoms with Gasteiger partial charge in [0.25, 0.3) is 5.91 Å². The lowest BCUT2D eigenvalue weighted by molar-refractivity contribution is -0.122. The van der Waals surface area contributed by atoms with Crippen LogP contribution in [0, 0.1) is 0 Å². The Bertz CT molecular complexity index is 613. The molecule has 110 valence electrons. The molecule has 1 aliphatic rings. The van der Waals surface area contributed by atoms with E-state index in [1.165, 1.54) is 12.1 Å². The van der Waals surface area contributed by atoms with E-state index in [0.717, 1.165) is 12.8 Å². The van der Waals surface area contributed by atoms with E-state index in [9.17, 15) is 13.2 Å². The molecule has 7 heteroatoms. The second-order valence-electron chi connectivity index (χ2n) is 4.66. The van der Waals surface area contributed by atoms with Crippen molar-refractivity contribution in [2.75, 3.05) is 11.9 Å². The van der Waals surface area contributed by atoms with Crippen molar-refractivity contribution in [2.24, 2.45) is 0 Å². The topological polar surface area (TPSA) is 84.5 Å². The van der Waals surface area contributed by atoms with Crippen LogP contribution in [0.25, 0.3) is 0 Å². The fraction of sp³-hybridized carbons (Fsp3) is 0.462. The lowest BCUT2D eigenvalue weighted by atomic mass is 10.2. The standard InChI is InChI=1S/C13H18N2O4S/c1-3-4-7-14-20(17,18)10-5-6-12-11(8-10)15-13(16)9(2)19-12/h5-6,8-9,14H,3-4,7H2,1-2H3,(H,15,16). The number of carbonyl (C=O) groups excluding carboxylic acids is 1. The minimum absolute atomic E-state index is 0.116. The van der Waals surface area contributed by atoms with Crippen molar-refractivity contribution in [2.45, 2.75) is 37.7 Å². The summed E-state index contributed by atoms with van der Waals surface area (Å²) in [5, 5.41) is 2.63. The molecule has 2 N–H and O–H groups in total. The van der Waals surface area contributed by atoms with E-state index >= 15 is 0 Å². The van der Waals surface area contributed by atoms with Gasteiger partial charge in [-0.25, -0.2) is 13.1 Å². The largest absolute Gasteiger partial charge is 0.479 e. The third-order valence-corrected chi connectivity index (χ3v) is 4.47. The Hall–Kier alpha value is -1.60. The summed E-state index contributed by atoms with van der Waals surface area (Å²) in [5.41, 5.74) is 0.381. The SMILES string of the molecule is CCCCNS(=O)(=O)c1ccc2c(c1)NC(=O)C(C)O2. The molecule has 1 atom stereocenters. The summed E-state index contributed by atoms with van der Waals surface area (Å²) in [6.45, 7) is 4.02. The van der Waals surface area contributed by atoms with Crippen molar-refractivity contribution in [3.05, 3.63) is 18.2 Å². The molecule has 0 saturated carbocycles. The van der Waals surface area contributed by atoms with Crippen LogP contribution in [0.4, 0.5) is 5.69 Å². The minimum atomic E-state index is -3.55. The summed E-state index contributed by atoms with van der Waals surface area (Å²) in [4.78, 5) is 11.6. The van der Waals surface area contributed by atoms with Crippen LogP contribution in [0.1, 0.15) is 26.7 Å². The number of sulfonamides is 1. The number of anilines is 1. The van der Waals surface area contributed by atoms with Crippen LogP contribution in [0.3, 0.4) is 0 Å². The van der Waals surface area contributed by atoms with E-state index in [-0.39, 0.29) is 10.8 Å². The van der Waals surface area contributed by atoms with E-state index in [0.29, 0.717) is 18.0 Å². The first kappa shape index (κ1) is 14.8. The van der Waals surface area contributed by atoms with Gasteiger partial charge in [-0.1, -0.05) is 13.3 Å². The Morgan fingerprint density at radius 2 is 2.15 bits per heavy atom. The molecular weight excluding hydrogens is 280 g/mol. The maximum atomic E-state index is 12.1. The molecule has 2 rings (SSSR count). The molecule has 6 nitrogen and oxygen atoms in total. The first-order valence-electron chi connectivity index (χ1n) is 6.55. The molecule has 1 aromatic carbocycles. The normalized spacial score (nSPS) is 18.1. The molecule has 1 aliphatic heterocycles. The van der Waals surface area contributed by atoms with E-state index in [1.807, 2.05) is 6.92 Å². The van der Waals surface area contributed by atoms with Gasteiger partial charge in [0.1, 0.15) is 5.75 Å². The van der Waals surface area contributed by atoms with Crippen molar-refractivity contribution in [1.29, 1.82) is 0 Å². The number of carbonyl (C=O) groups is 1. The predicted molar refractivity (Wildman–Crippen MR) is 75.3 cm³/mol. The van der Waals surface area contributed by atoms with Gasteiger partial charge in [-0.3, -0.25) is 4.79 Å². The smallest absolute Gasteiger partial charge is 0.265 e. The lowest BCUT2D eigenvalue weighted by Gasteiger charge is -2.23. The van der Waals surface area contributed by atoms with Gasteiger partial charge in [0.05, 0.1) is 10.6 Å². The second kappa shape index (κ2) is 5.80. The average Bonchev–Trinajstić information content (AvgIpc) is 2.39. The molecule has 0 radical (unpaired) electrons. The number of unbranched alkanes of at least 4 members (excludes halogenated alkanes) is 1. The summed E-state index contributed by atoms with van der Waals surface area (Å²) in [5.74, 6) is 0.190. The second-order valence-corrected chi connectivity index (χ2v) is 6.43. The molecule has 1 heterocycles. The number of nitrogens with one attached hydrogen (secondary N) is 2. The molecule has 1 unspecified atom stereocenters. The maximum absolute atomic E-state index is 12.1. The number of hydrogen-bond acceptors (Lipinski definition) is 4. The molecule has 1 amide bonds. The summed E-state index contributed by atoms with van der Waals surface area (Å²) in [7, 11) is -3.55. The number of hydrogen-bond donors (Lipinski definition) is 2. The lowest BCUT2D eigenvalue weighted by Crippen LogP contribution is -2.34. The van der Waals surface area contributed by atoms with Crippen LogP contribution in [0.15, 0.2) is 23.1 Å². The first-order chi connectivity index (χ1) is 9.44. The Kier molecular flexibility index (Phi) is 4.29. The molecule has 20 heavy (non-hydrogen) atoms. The van der Waals surface area contributed by atoms with E-state index < -0.39 is 16.1 Å². The van der Waals surface area contributed by atoms with Crippen molar-refractivity contribution >= 4 is 21.6 Å². The zero-order chi connectivity index (χ0) is 14.8. The van der Waals surface area contributed by atoms with Gasteiger partial charge in [-0.05, 0) is 31.5 Å². The highest BCUT2D eigenvalue weighted by Crippen LogP contribution is 2.31. The van der Waals surface area contributed by atoms with Crippen LogP contribution in [-0.2, 0) is 14.8 Å². The van der Waals surface area contributed by atoms with E-state index in [4.69, 9.17) is 4.74 Å². The number of ether oxygens (including phenoxy) is 1. The number of benzene rings is 1. The van der Waals surface area contributed by atoms with E-state index in [1.54, 1.807) is 13.0 Å². The molecule has 0 fully saturated rings. The molecule has 0 aliphatic carbocycles. The third-order valence-electron chi connectivity index (χ3n) is 3.01. The first-order valence-corrected chi connectivity index (χ1v) is 8.03. The molecule has 1 aromatic rings. The van der Waals surface area contributed by atoms with Crippen molar-refractivity contribution < 1.29 is 17.9 Å². The molecule has 0 bridgehead atoms. The highest BCUT2D eigenvalue weighted by molar-refractivity contribution is 7.89. The van der Waals surface area contributed by atoms with Crippen LogP contribution < -0.4 is 14.8 Å². The van der Waals surface area contributed by atoms with Gasteiger partial charge in [0, 0.05) is 6.54 Å². The zero-order valence-corrected chi connectivity index (χ0v) is 12.3. The van der Waals surface area contributed by atoms with Crippen LogP contribution in [-0.4, -0.2) is 27.0 Å². The Morgan fingerprint density at radius 1 is 1.40 bits per heavy atom. The monoisotopic (exact) mass is 298 g/mol. The maximum Gasteiger partial charge on any atom is 0.265 e. The number of rotatable bonds is 5. The van der Waals surface area contributed by atoms with Crippen LogP contribution in [0.5, 0.6) is 5.75 Å². The molecule has 0 saturated heterocycles. The molecular formula is C13H18N2O4S. The number of fused-ring (bicyclic) bond motifs is 1. The number of amides is 1. The summed E-state index contributed by atoms with van der Waals surface area (Å²) < 4.78 is 32.1. The highest BCUT2D eigenvalue weighted by atomic mass is 32.2. The van der Waals surface area contributed by atoms with Gasteiger partial charge in [0.2, 0.25) is 10.0 Å². The highest BCUT2D eigenvalue weighted by Gasteiger charge is 2.25. The van der Waals surface area contributed by atoms with Gasteiger partial charge < -0.3 is 10.1 Å². The zero-order valence-electron chi connectivity index (χ0n) is 11.5. The van der Waals surface area contributed by atoms with Crippen molar-refractivity contribution in [3.8, 4) is 5.75 Å². The quantitative estimate of drug-likeness (QED) is 0.807. The Labute approximate surface area is 118 Å². The van der Waals surface area contributed by atoms with Gasteiger partial charge in [-0.15, -0.1) is 0 Å². The minimum Gasteiger partial charge on any atom is -0.479 e. The van der Waals surface area contributed by atoms with Gasteiger partial charge >= 0.3 is 0 Å². The summed E-state index contributed by atoms with van der Waals surface area (Å²) in [6.07, 6.45) is 1.11. The fourth-order valence-electron chi connectivity index (χ4n) is 1.82. The fourth-order valence-corrected chi connectivity index (χ4v) is 2.92. The van der Waals surface area contributed by atoms with Gasteiger partial charge in [-0.2, -0.15) is 0 Å². The average molecular weight is 298 g/mol. The molecule has 0 spiro atoms. The summed E-state index contributed by atoms with van der Waals surface area (Å²) in [6, 6.07) is 4.43. The van der Waals surface area contributed by atoms with Crippen molar-refractivity contribution in [1.82, 2.24) is 4.72 Å². The third kappa shape index (κ3) is 3.10.